The Morgan fingerprint density at radius 1 is 0.849 bits per heavy atom. The summed E-state index contributed by atoms with van der Waals surface area (Å²) < 4.78 is 35.7. The fourth-order valence-corrected chi connectivity index (χ4v) is 7.77. The molecule has 2 N–H and O–H groups in total. The van der Waals surface area contributed by atoms with Crippen LogP contribution in [-0.2, 0) is 57.2 Å². The summed E-state index contributed by atoms with van der Waals surface area (Å²) in [6.07, 6.45) is -8.33. The standard InChI is InChI=1S/C38H48O15/c1-9-25(42)51-33-28(48-21(3)39)32(50-23(5)41)35(6,7)17-15-20(2)29(44)37(47)19-36(8,46)30(49-22(4)40)27(37)31-38(33,18-16-26(43)52-31)53-34(45)24-13-11-10-12-14-24/h10-15,17,20,27-28,30-33,46-47H,9,16,18-19H2,1-8H3/b17-15+/t20-,27+,28-,30+,31+,32+,33+,36+,37+,38-/m0/s1. The van der Waals surface area contributed by atoms with Gasteiger partial charge in [-0.05, 0) is 19.1 Å². The number of hydrogen-bond donors (Lipinski definition) is 2. The minimum absolute atomic E-state index is 0.0250. The van der Waals surface area contributed by atoms with Crippen LogP contribution in [0, 0.1) is 17.3 Å². The number of benzene rings is 1. The molecule has 0 unspecified atom stereocenters. The zero-order chi connectivity index (χ0) is 39.7. The van der Waals surface area contributed by atoms with Crippen molar-refractivity contribution >= 4 is 41.6 Å². The lowest BCUT2D eigenvalue weighted by Crippen LogP contribution is -2.71. The number of fused-ring (bicyclic) bond motifs is 3. The molecule has 1 aliphatic heterocycles. The van der Waals surface area contributed by atoms with E-state index in [1.165, 1.54) is 45.1 Å². The van der Waals surface area contributed by atoms with E-state index in [4.69, 9.17) is 28.4 Å². The van der Waals surface area contributed by atoms with Crippen molar-refractivity contribution in [1.82, 2.24) is 0 Å². The van der Waals surface area contributed by atoms with Crippen LogP contribution >= 0.6 is 0 Å². The zero-order valence-corrected chi connectivity index (χ0v) is 31.1. The first-order valence-electron chi connectivity index (χ1n) is 17.5. The van der Waals surface area contributed by atoms with Crippen molar-refractivity contribution in [1.29, 1.82) is 0 Å². The fraction of sp³-hybridized carbons (Fsp3) is 0.605. The largest absolute Gasteiger partial charge is 0.459 e. The molecule has 0 radical (unpaired) electrons. The summed E-state index contributed by atoms with van der Waals surface area (Å²) in [6.45, 7) is 10.5. The molecular weight excluding hydrogens is 696 g/mol. The van der Waals surface area contributed by atoms with E-state index >= 15 is 0 Å². The Morgan fingerprint density at radius 3 is 2.00 bits per heavy atom. The molecule has 0 amide bonds. The highest BCUT2D eigenvalue weighted by Gasteiger charge is 2.73. The topological polar surface area (TPSA) is 215 Å². The molecule has 2 fully saturated rings. The maximum absolute atomic E-state index is 14.5. The third-order valence-electron chi connectivity index (χ3n) is 10.1. The Labute approximate surface area is 307 Å². The van der Waals surface area contributed by atoms with Gasteiger partial charge in [-0.15, -0.1) is 0 Å². The molecule has 53 heavy (non-hydrogen) atoms. The Morgan fingerprint density at radius 2 is 1.43 bits per heavy atom. The molecule has 1 saturated carbocycles. The summed E-state index contributed by atoms with van der Waals surface area (Å²) in [4.78, 5) is 94.0. The predicted octanol–water partition coefficient (Wildman–Crippen LogP) is 2.71. The maximum atomic E-state index is 14.5. The molecule has 0 spiro atoms. The number of carbonyl (C=O) groups excluding carboxylic acids is 7. The normalized spacial score (nSPS) is 35.8. The number of Topliss-reactive ketones (excluding diaryl/α,β-unsaturated/α-hetero) is 1. The van der Waals surface area contributed by atoms with Crippen LogP contribution in [0.2, 0.25) is 0 Å². The number of ketones is 1. The molecule has 15 nitrogen and oxygen atoms in total. The van der Waals surface area contributed by atoms with E-state index in [0.29, 0.717) is 0 Å². The second kappa shape index (κ2) is 15.4. The van der Waals surface area contributed by atoms with Gasteiger partial charge in [-0.25, -0.2) is 4.79 Å². The minimum atomic E-state index is -2.66. The van der Waals surface area contributed by atoms with Gasteiger partial charge in [-0.3, -0.25) is 28.8 Å². The Bertz CT molecular complexity index is 1650. The average molecular weight is 745 g/mol. The first kappa shape index (κ1) is 41.1. The van der Waals surface area contributed by atoms with Gasteiger partial charge in [0, 0.05) is 57.8 Å². The highest BCUT2D eigenvalue weighted by Crippen LogP contribution is 2.54. The molecule has 4 rings (SSSR count). The third kappa shape index (κ3) is 8.30. The highest BCUT2D eigenvalue weighted by molar-refractivity contribution is 5.92. The summed E-state index contributed by atoms with van der Waals surface area (Å²) in [6, 6.07) is 7.54. The molecule has 1 aromatic carbocycles. The number of hydrogen-bond acceptors (Lipinski definition) is 15. The Balaban J connectivity index is 2.23. The summed E-state index contributed by atoms with van der Waals surface area (Å²) in [5.74, 6) is -9.54. The fourth-order valence-electron chi connectivity index (χ4n) is 7.77. The van der Waals surface area contributed by atoms with Crippen molar-refractivity contribution in [2.75, 3.05) is 0 Å². The minimum Gasteiger partial charge on any atom is -0.459 e. The van der Waals surface area contributed by atoms with Gasteiger partial charge >= 0.3 is 35.8 Å². The van der Waals surface area contributed by atoms with E-state index < -0.39 is 125 Å². The van der Waals surface area contributed by atoms with Crippen LogP contribution in [0.3, 0.4) is 0 Å². The van der Waals surface area contributed by atoms with Gasteiger partial charge in [-0.1, -0.05) is 58.0 Å². The van der Waals surface area contributed by atoms with Crippen LogP contribution in [0.5, 0.6) is 0 Å². The Kier molecular flexibility index (Phi) is 11.9. The lowest BCUT2D eigenvalue weighted by atomic mass is 9.66. The summed E-state index contributed by atoms with van der Waals surface area (Å²) >= 11 is 0. The van der Waals surface area contributed by atoms with Crippen molar-refractivity contribution in [3.63, 3.8) is 0 Å². The molecule has 10 atom stereocenters. The van der Waals surface area contributed by atoms with E-state index in [1.807, 2.05) is 0 Å². The van der Waals surface area contributed by atoms with Gasteiger partial charge < -0.3 is 38.6 Å². The van der Waals surface area contributed by atoms with Gasteiger partial charge in [0.1, 0.15) is 17.3 Å². The molecule has 15 heteroatoms. The average Bonchev–Trinajstić information content (AvgIpc) is 3.27. The molecule has 2 aliphatic carbocycles. The van der Waals surface area contributed by atoms with Crippen molar-refractivity contribution < 1.29 is 72.2 Å². The van der Waals surface area contributed by atoms with E-state index in [-0.39, 0.29) is 12.0 Å². The van der Waals surface area contributed by atoms with E-state index in [9.17, 15) is 43.8 Å². The monoisotopic (exact) mass is 744 g/mol. The number of carbonyl (C=O) groups is 7. The molecule has 1 aromatic rings. The van der Waals surface area contributed by atoms with Crippen molar-refractivity contribution in [2.45, 2.75) is 128 Å². The van der Waals surface area contributed by atoms with E-state index in [2.05, 4.69) is 0 Å². The van der Waals surface area contributed by atoms with Crippen LogP contribution in [0.1, 0.15) is 91.4 Å². The number of rotatable bonds is 7. The number of ether oxygens (including phenoxy) is 6. The quantitative estimate of drug-likeness (QED) is 0.233. The van der Waals surface area contributed by atoms with E-state index in [0.717, 1.165) is 20.8 Å². The van der Waals surface area contributed by atoms with Crippen LogP contribution < -0.4 is 0 Å². The SMILES string of the molecule is CCC(=O)O[C@@H]1[C@@H](OC(C)=O)[C@@H](OC(C)=O)C(C)(C)/C=C/[C@H](C)C(=O)[C@@]2(O)C[C@@](C)(O)[C@H](OC(C)=O)[C@@H]2[C@H]2OC(=O)CC[C@@]12OC(=O)c1ccccc1. The second-order valence-electron chi connectivity index (χ2n) is 14.8. The van der Waals surface area contributed by atoms with Gasteiger partial charge in [0.2, 0.25) is 0 Å². The molecule has 0 aromatic heterocycles. The molecule has 0 bridgehead atoms. The number of esters is 6. The second-order valence-corrected chi connectivity index (χ2v) is 14.8. The molecule has 1 heterocycles. The predicted molar refractivity (Wildman–Crippen MR) is 181 cm³/mol. The third-order valence-corrected chi connectivity index (χ3v) is 10.1. The van der Waals surface area contributed by atoms with Crippen LogP contribution in [0.4, 0.5) is 0 Å². The molecule has 1 saturated heterocycles. The van der Waals surface area contributed by atoms with Gasteiger partial charge in [0.25, 0.3) is 0 Å². The van der Waals surface area contributed by atoms with Crippen molar-refractivity contribution in [2.24, 2.45) is 17.3 Å². The van der Waals surface area contributed by atoms with Gasteiger partial charge in [0.15, 0.2) is 35.8 Å². The van der Waals surface area contributed by atoms with Crippen molar-refractivity contribution in [3.8, 4) is 0 Å². The summed E-state index contributed by atoms with van der Waals surface area (Å²) in [7, 11) is 0. The number of aliphatic hydroxyl groups is 2. The summed E-state index contributed by atoms with van der Waals surface area (Å²) in [5, 5.41) is 24.5. The zero-order valence-electron chi connectivity index (χ0n) is 31.1. The van der Waals surface area contributed by atoms with Gasteiger partial charge in [0.05, 0.1) is 11.5 Å². The first-order chi connectivity index (χ1) is 24.6. The number of allylic oxidation sites excluding steroid dienone is 1. The maximum Gasteiger partial charge on any atom is 0.338 e. The van der Waals surface area contributed by atoms with Crippen LogP contribution in [-0.4, -0.2) is 99.1 Å². The highest BCUT2D eigenvalue weighted by atomic mass is 16.7. The van der Waals surface area contributed by atoms with E-state index in [1.54, 1.807) is 32.0 Å². The molecule has 290 valence electrons. The molecule has 3 aliphatic rings. The summed E-state index contributed by atoms with van der Waals surface area (Å²) in [5.41, 5.74) is -8.69. The lowest BCUT2D eigenvalue weighted by molar-refractivity contribution is -0.263. The molecular formula is C38H48O15. The van der Waals surface area contributed by atoms with Crippen LogP contribution in [0.15, 0.2) is 42.5 Å². The smallest absolute Gasteiger partial charge is 0.338 e. The van der Waals surface area contributed by atoms with Gasteiger partial charge in [-0.2, -0.15) is 0 Å². The lowest BCUT2D eigenvalue weighted by Gasteiger charge is -2.53. The van der Waals surface area contributed by atoms with Crippen LogP contribution in [0.25, 0.3) is 0 Å². The first-order valence-corrected chi connectivity index (χ1v) is 17.5. The Hall–Kier alpha value is -4.63. The van der Waals surface area contributed by atoms with Crippen molar-refractivity contribution in [3.05, 3.63) is 48.0 Å².